The summed E-state index contributed by atoms with van der Waals surface area (Å²) < 4.78 is 13.0. The Morgan fingerprint density at radius 2 is 1.81 bits per heavy atom. The molecule has 0 atom stereocenters. The van der Waals surface area contributed by atoms with E-state index in [2.05, 4.69) is 5.32 Å². The fourth-order valence-electron chi connectivity index (χ4n) is 2.81. The molecule has 2 aromatic carbocycles. The Morgan fingerprint density at radius 3 is 2.54 bits per heavy atom. The number of amides is 3. The van der Waals surface area contributed by atoms with Crippen LogP contribution in [-0.2, 0) is 17.9 Å². The summed E-state index contributed by atoms with van der Waals surface area (Å²) >= 11 is 5.92. The third kappa shape index (κ3) is 4.73. The Kier molecular flexibility index (Phi) is 5.73. The highest BCUT2D eigenvalue weighted by Crippen LogP contribution is 2.14. The lowest BCUT2D eigenvalue weighted by atomic mass is 10.2. The molecule has 1 N–H and O–H groups in total. The molecule has 26 heavy (non-hydrogen) atoms. The van der Waals surface area contributed by atoms with Gasteiger partial charge >= 0.3 is 6.03 Å². The molecule has 5 nitrogen and oxygen atoms in total. The number of hydrogen-bond donors (Lipinski definition) is 1. The van der Waals surface area contributed by atoms with Crippen LogP contribution in [0.15, 0.2) is 48.5 Å². The van der Waals surface area contributed by atoms with E-state index in [0.29, 0.717) is 31.2 Å². The Morgan fingerprint density at radius 1 is 1.08 bits per heavy atom. The maximum absolute atomic E-state index is 13.0. The fourth-order valence-corrected chi connectivity index (χ4v) is 3.03. The highest BCUT2D eigenvalue weighted by atomic mass is 35.5. The van der Waals surface area contributed by atoms with E-state index in [1.54, 1.807) is 29.2 Å². The van der Waals surface area contributed by atoms with Crippen molar-refractivity contribution >= 4 is 23.5 Å². The zero-order chi connectivity index (χ0) is 18.5. The van der Waals surface area contributed by atoms with Crippen LogP contribution in [0.3, 0.4) is 0 Å². The smallest absolute Gasteiger partial charge is 0.320 e. The largest absolute Gasteiger partial charge is 0.350 e. The molecule has 0 saturated carbocycles. The van der Waals surface area contributed by atoms with E-state index < -0.39 is 0 Å². The van der Waals surface area contributed by atoms with E-state index in [9.17, 15) is 14.0 Å². The van der Waals surface area contributed by atoms with Crippen LogP contribution in [0.4, 0.5) is 9.18 Å². The molecule has 0 radical (unpaired) electrons. The van der Waals surface area contributed by atoms with Gasteiger partial charge in [-0.2, -0.15) is 0 Å². The normalized spacial score (nSPS) is 14.0. The lowest BCUT2D eigenvalue weighted by Gasteiger charge is -2.18. The van der Waals surface area contributed by atoms with Gasteiger partial charge in [0.1, 0.15) is 12.4 Å². The quantitative estimate of drug-likeness (QED) is 0.843. The first-order valence-corrected chi connectivity index (χ1v) is 8.68. The predicted molar refractivity (Wildman–Crippen MR) is 97.1 cm³/mol. The molecular weight excluding hydrogens is 357 g/mol. The Hall–Kier alpha value is -2.60. The van der Waals surface area contributed by atoms with Gasteiger partial charge in [0.25, 0.3) is 0 Å². The lowest BCUT2D eigenvalue weighted by molar-refractivity contribution is -0.121. The van der Waals surface area contributed by atoms with Gasteiger partial charge in [-0.25, -0.2) is 9.18 Å². The van der Waals surface area contributed by atoms with Crippen molar-refractivity contribution in [2.75, 3.05) is 19.6 Å². The van der Waals surface area contributed by atoms with Gasteiger partial charge in [0.15, 0.2) is 0 Å². The third-order valence-electron chi connectivity index (χ3n) is 4.18. The van der Waals surface area contributed by atoms with Crippen LogP contribution < -0.4 is 5.32 Å². The summed E-state index contributed by atoms with van der Waals surface area (Å²) in [5.74, 6) is -0.526. The molecule has 0 aliphatic carbocycles. The van der Waals surface area contributed by atoms with Crippen LogP contribution in [0.5, 0.6) is 0 Å². The molecule has 3 amide bonds. The van der Waals surface area contributed by atoms with Gasteiger partial charge in [0.2, 0.25) is 5.91 Å². The van der Waals surface area contributed by atoms with Gasteiger partial charge < -0.3 is 15.1 Å². The molecular formula is C19H19ClFN3O2. The summed E-state index contributed by atoms with van der Waals surface area (Å²) in [6.07, 6.45) is 0. The second-order valence-electron chi connectivity index (χ2n) is 6.16. The minimum Gasteiger partial charge on any atom is -0.350 e. The van der Waals surface area contributed by atoms with Crippen LogP contribution in [0, 0.1) is 5.82 Å². The predicted octanol–water partition coefficient (Wildman–Crippen LogP) is 3.03. The van der Waals surface area contributed by atoms with E-state index in [1.165, 1.54) is 17.0 Å². The Labute approximate surface area is 156 Å². The second kappa shape index (κ2) is 8.19. The molecule has 0 bridgehead atoms. The second-order valence-corrected chi connectivity index (χ2v) is 6.60. The van der Waals surface area contributed by atoms with Crippen molar-refractivity contribution in [1.82, 2.24) is 15.1 Å². The maximum Gasteiger partial charge on any atom is 0.320 e. The minimum absolute atomic E-state index is 0.0132. The van der Waals surface area contributed by atoms with Gasteiger partial charge in [0, 0.05) is 31.2 Å². The van der Waals surface area contributed by atoms with Crippen molar-refractivity contribution in [2.24, 2.45) is 0 Å². The van der Waals surface area contributed by atoms with Crippen molar-refractivity contribution in [2.45, 2.75) is 13.1 Å². The number of hydrogen-bond acceptors (Lipinski definition) is 2. The first-order valence-electron chi connectivity index (χ1n) is 8.31. The molecule has 1 fully saturated rings. The summed E-state index contributed by atoms with van der Waals surface area (Å²) in [6.45, 7) is 1.81. The molecule has 0 aromatic heterocycles. The Balaban J connectivity index is 1.48. The van der Waals surface area contributed by atoms with Crippen molar-refractivity contribution < 1.29 is 14.0 Å². The number of carbonyl (C=O) groups is 2. The number of nitrogens with zero attached hydrogens (tertiary/aromatic N) is 2. The van der Waals surface area contributed by atoms with Crippen molar-refractivity contribution in [3.63, 3.8) is 0 Å². The summed E-state index contributed by atoms with van der Waals surface area (Å²) in [5, 5.41) is 3.41. The van der Waals surface area contributed by atoms with Gasteiger partial charge in [0.05, 0.1) is 0 Å². The molecule has 1 aliphatic heterocycles. The topological polar surface area (TPSA) is 52.7 Å². The number of carbonyl (C=O) groups excluding carboxylic acids is 2. The number of rotatable bonds is 6. The third-order valence-corrected chi connectivity index (χ3v) is 4.42. The molecule has 7 heteroatoms. The van der Waals surface area contributed by atoms with E-state index in [-0.39, 0.29) is 24.3 Å². The summed E-state index contributed by atoms with van der Waals surface area (Å²) in [5.41, 5.74) is 1.75. The molecule has 0 unspecified atom stereocenters. The number of nitrogens with one attached hydrogen (secondary N) is 1. The molecule has 1 aliphatic rings. The average Bonchev–Trinajstić information content (AvgIpc) is 2.95. The summed E-state index contributed by atoms with van der Waals surface area (Å²) in [6, 6.07) is 13.1. The summed E-state index contributed by atoms with van der Waals surface area (Å²) in [7, 11) is 0. The van der Waals surface area contributed by atoms with E-state index >= 15 is 0 Å². The first-order chi connectivity index (χ1) is 12.5. The lowest BCUT2D eigenvalue weighted by Crippen LogP contribution is -2.39. The highest BCUT2D eigenvalue weighted by Gasteiger charge is 2.29. The number of halogens is 2. The van der Waals surface area contributed by atoms with Gasteiger partial charge in [-0.15, -0.1) is 0 Å². The minimum atomic E-state index is -0.306. The van der Waals surface area contributed by atoms with Crippen LogP contribution in [-0.4, -0.2) is 41.4 Å². The molecule has 1 heterocycles. The number of urea groups is 1. The number of benzene rings is 2. The molecule has 3 rings (SSSR count). The van der Waals surface area contributed by atoms with E-state index in [0.717, 1.165) is 11.1 Å². The van der Waals surface area contributed by atoms with Crippen LogP contribution in [0.2, 0.25) is 5.02 Å². The van der Waals surface area contributed by atoms with E-state index in [1.807, 2.05) is 12.1 Å². The van der Waals surface area contributed by atoms with Crippen molar-refractivity contribution in [1.29, 1.82) is 0 Å². The summed E-state index contributed by atoms with van der Waals surface area (Å²) in [4.78, 5) is 27.7. The van der Waals surface area contributed by atoms with Crippen LogP contribution in [0.25, 0.3) is 0 Å². The first kappa shape index (κ1) is 18.2. The highest BCUT2D eigenvalue weighted by molar-refractivity contribution is 6.30. The maximum atomic E-state index is 13.0. The average molecular weight is 376 g/mol. The van der Waals surface area contributed by atoms with Crippen LogP contribution >= 0.6 is 11.6 Å². The van der Waals surface area contributed by atoms with Crippen LogP contribution in [0.1, 0.15) is 11.1 Å². The van der Waals surface area contributed by atoms with Gasteiger partial charge in [-0.1, -0.05) is 35.9 Å². The van der Waals surface area contributed by atoms with Gasteiger partial charge in [-0.05, 0) is 35.4 Å². The van der Waals surface area contributed by atoms with Crippen molar-refractivity contribution in [3.05, 3.63) is 70.5 Å². The monoisotopic (exact) mass is 375 g/mol. The zero-order valence-electron chi connectivity index (χ0n) is 14.1. The van der Waals surface area contributed by atoms with E-state index in [4.69, 9.17) is 11.6 Å². The molecule has 2 aromatic rings. The molecule has 136 valence electrons. The SMILES string of the molecule is O=C(CN1CCN(Cc2ccc(F)cc2)C1=O)NCc1cccc(Cl)c1. The Bertz CT molecular complexity index is 798. The van der Waals surface area contributed by atoms with Gasteiger partial charge in [-0.3, -0.25) is 4.79 Å². The fraction of sp³-hybridized carbons (Fsp3) is 0.263. The standard InChI is InChI=1S/C19H19ClFN3O2/c20-16-3-1-2-15(10-16)11-22-18(25)13-24-9-8-23(19(24)26)12-14-4-6-17(21)7-5-14/h1-7,10H,8-9,11-13H2,(H,22,25). The molecule has 1 saturated heterocycles. The van der Waals surface area contributed by atoms with Crippen molar-refractivity contribution in [3.8, 4) is 0 Å². The molecule has 0 spiro atoms. The zero-order valence-corrected chi connectivity index (χ0v) is 14.9.